The van der Waals surface area contributed by atoms with Crippen LogP contribution in [0.2, 0.25) is 0 Å². The molecular weight excluding hydrogens is 264 g/mol. The van der Waals surface area contributed by atoms with Gasteiger partial charge in [-0.15, -0.1) is 12.4 Å². The van der Waals surface area contributed by atoms with E-state index in [0.717, 1.165) is 13.0 Å². The van der Waals surface area contributed by atoms with Crippen molar-refractivity contribution >= 4 is 18.3 Å². The number of aromatic nitrogens is 2. The largest absolute Gasteiger partial charge is 0.334 e. The molecule has 0 saturated carbocycles. The van der Waals surface area contributed by atoms with Gasteiger partial charge in [0.05, 0.1) is 0 Å². The molecule has 1 fully saturated rings. The summed E-state index contributed by atoms with van der Waals surface area (Å²) in [5.74, 6) is 0.453. The Morgan fingerprint density at radius 3 is 2.74 bits per heavy atom. The van der Waals surface area contributed by atoms with E-state index in [0.29, 0.717) is 18.2 Å². The van der Waals surface area contributed by atoms with E-state index in [9.17, 15) is 4.79 Å². The van der Waals surface area contributed by atoms with Crippen LogP contribution in [-0.2, 0) is 0 Å². The van der Waals surface area contributed by atoms with Crippen LogP contribution in [0.4, 0.5) is 0 Å². The molecule has 1 aliphatic heterocycles. The molecule has 108 valence electrons. The van der Waals surface area contributed by atoms with E-state index >= 15 is 0 Å². The molecule has 2 rings (SSSR count). The van der Waals surface area contributed by atoms with E-state index in [1.165, 1.54) is 0 Å². The van der Waals surface area contributed by atoms with Crippen molar-refractivity contribution in [3.05, 3.63) is 18.0 Å². The summed E-state index contributed by atoms with van der Waals surface area (Å²) in [6.45, 7) is 7.57. The summed E-state index contributed by atoms with van der Waals surface area (Å²) in [6.07, 6.45) is 2.85. The molecule has 1 saturated heterocycles. The van der Waals surface area contributed by atoms with Crippen molar-refractivity contribution in [3.63, 3.8) is 0 Å². The Hall–Kier alpha value is -1.07. The number of hydrogen-bond donors (Lipinski definition) is 1. The van der Waals surface area contributed by atoms with Crippen LogP contribution in [0.15, 0.2) is 12.3 Å². The second-order valence-corrected chi connectivity index (χ2v) is 5.42. The molecule has 5 nitrogen and oxygen atoms in total. The van der Waals surface area contributed by atoms with Crippen molar-refractivity contribution in [1.29, 1.82) is 0 Å². The molecule has 1 amide bonds. The lowest BCUT2D eigenvalue weighted by Crippen LogP contribution is -2.34. The summed E-state index contributed by atoms with van der Waals surface area (Å²) >= 11 is 0. The molecule has 1 aliphatic rings. The SMILES string of the molecule is CC1CC(CN)CN1C(=O)c1ccn(C(C)C)n1.Cl. The van der Waals surface area contributed by atoms with Crippen molar-refractivity contribution in [2.75, 3.05) is 13.1 Å². The zero-order valence-corrected chi connectivity index (χ0v) is 12.6. The zero-order valence-electron chi connectivity index (χ0n) is 11.7. The first-order valence-electron chi connectivity index (χ1n) is 6.59. The van der Waals surface area contributed by atoms with Gasteiger partial charge in [-0.05, 0) is 45.7 Å². The number of nitrogens with zero attached hydrogens (tertiary/aromatic N) is 3. The first-order chi connectivity index (χ1) is 8.52. The molecule has 2 N–H and O–H groups in total. The Morgan fingerprint density at radius 2 is 2.26 bits per heavy atom. The molecule has 0 radical (unpaired) electrons. The minimum atomic E-state index is 0. The average molecular weight is 287 g/mol. The minimum Gasteiger partial charge on any atom is -0.334 e. The van der Waals surface area contributed by atoms with E-state index in [1.807, 2.05) is 29.6 Å². The highest BCUT2D eigenvalue weighted by Crippen LogP contribution is 2.23. The smallest absolute Gasteiger partial charge is 0.274 e. The van der Waals surface area contributed by atoms with Crippen LogP contribution < -0.4 is 5.73 Å². The third-order valence-electron chi connectivity index (χ3n) is 3.61. The molecule has 0 spiro atoms. The fourth-order valence-electron chi connectivity index (χ4n) is 2.48. The molecule has 0 aliphatic carbocycles. The summed E-state index contributed by atoms with van der Waals surface area (Å²) in [4.78, 5) is 14.3. The van der Waals surface area contributed by atoms with E-state index < -0.39 is 0 Å². The molecule has 1 aromatic heterocycles. The van der Waals surface area contributed by atoms with Gasteiger partial charge in [-0.25, -0.2) is 0 Å². The van der Waals surface area contributed by atoms with Gasteiger partial charge in [-0.3, -0.25) is 9.48 Å². The zero-order chi connectivity index (χ0) is 13.3. The van der Waals surface area contributed by atoms with Gasteiger partial charge in [0.25, 0.3) is 5.91 Å². The maximum absolute atomic E-state index is 12.4. The first-order valence-corrected chi connectivity index (χ1v) is 6.59. The van der Waals surface area contributed by atoms with Crippen LogP contribution >= 0.6 is 12.4 Å². The number of carbonyl (C=O) groups is 1. The van der Waals surface area contributed by atoms with Gasteiger partial charge in [0.1, 0.15) is 5.69 Å². The second-order valence-electron chi connectivity index (χ2n) is 5.42. The van der Waals surface area contributed by atoms with Crippen molar-refractivity contribution < 1.29 is 4.79 Å². The molecule has 2 unspecified atom stereocenters. The highest BCUT2D eigenvalue weighted by Gasteiger charge is 2.32. The maximum Gasteiger partial charge on any atom is 0.274 e. The lowest BCUT2D eigenvalue weighted by molar-refractivity contribution is 0.0736. The second kappa shape index (κ2) is 6.39. The van der Waals surface area contributed by atoms with E-state index in [2.05, 4.69) is 12.0 Å². The number of carbonyl (C=O) groups excluding carboxylic acids is 1. The van der Waals surface area contributed by atoms with Gasteiger partial charge in [0, 0.05) is 24.8 Å². The lowest BCUT2D eigenvalue weighted by atomic mass is 10.1. The Kier molecular flexibility index (Phi) is 5.38. The summed E-state index contributed by atoms with van der Waals surface area (Å²) in [6, 6.07) is 2.33. The number of rotatable bonds is 3. The fraction of sp³-hybridized carbons (Fsp3) is 0.692. The van der Waals surface area contributed by atoms with Crippen LogP contribution in [0, 0.1) is 5.92 Å². The minimum absolute atomic E-state index is 0. The van der Waals surface area contributed by atoms with Gasteiger partial charge >= 0.3 is 0 Å². The monoisotopic (exact) mass is 286 g/mol. The van der Waals surface area contributed by atoms with Gasteiger partial charge < -0.3 is 10.6 Å². The predicted octanol–water partition coefficient (Wildman–Crippen LogP) is 1.70. The molecule has 6 heteroatoms. The van der Waals surface area contributed by atoms with Gasteiger partial charge in [0.2, 0.25) is 0 Å². The Morgan fingerprint density at radius 1 is 1.58 bits per heavy atom. The Balaban J connectivity index is 0.00000180. The molecule has 1 aromatic rings. The third kappa shape index (κ3) is 3.28. The van der Waals surface area contributed by atoms with Crippen molar-refractivity contribution in [2.45, 2.75) is 39.3 Å². The van der Waals surface area contributed by atoms with Crippen LogP contribution in [0.1, 0.15) is 43.7 Å². The average Bonchev–Trinajstić information content (AvgIpc) is 2.94. The van der Waals surface area contributed by atoms with Gasteiger partial charge in [-0.2, -0.15) is 5.10 Å². The number of nitrogens with two attached hydrogens (primary N) is 1. The van der Waals surface area contributed by atoms with Crippen LogP contribution in [0.5, 0.6) is 0 Å². The Labute approximate surface area is 120 Å². The highest BCUT2D eigenvalue weighted by atomic mass is 35.5. The van der Waals surface area contributed by atoms with E-state index in [-0.39, 0.29) is 30.4 Å². The molecule has 0 bridgehead atoms. The molecular formula is C13H23ClN4O. The van der Waals surface area contributed by atoms with Crippen molar-refractivity contribution in [2.24, 2.45) is 11.7 Å². The number of likely N-dealkylation sites (tertiary alicyclic amines) is 1. The number of halogens is 1. The van der Waals surface area contributed by atoms with Crippen LogP contribution in [-0.4, -0.2) is 39.7 Å². The van der Waals surface area contributed by atoms with Gasteiger partial charge in [-0.1, -0.05) is 0 Å². The summed E-state index contributed by atoms with van der Waals surface area (Å²) in [5.41, 5.74) is 6.22. The molecule has 2 atom stereocenters. The maximum atomic E-state index is 12.4. The third-order valence-corrected chi connectivity index (χ3v) is 3.61. The summed E-state index contributed by atoms with van der Waals surface area (Å²) < 4.78 is 1.81. The standard InChI is InChI=1S/C13H22N4O.ClH/c1-9(2)17-5-4-12(15-17)13(18)16-8-11(7-14)6-10(16)3;/h4-5,9-11H,6-8,14H2,1-3H3;1H. The Bertz CT molecular complexity index is 432. The van der Waals surface area contributed by atoms with Crippen molar-refractivity contribution in [3.8, 4) is 0 Å². The molecule has 2 heterocycles. The topological polar surface area (TPSA) is 64.2 Å². The molecule has 19 heavy (non-hydrogen) atoms. The van der Waals surface area contributed by atoms with Crippen LogP contribution in [0.3, 0.4) is 0 Å². The van der Waals surface area contributed by atoms with Crippen LogP contribution in [0.25, 0.3) is 0 Å². The van der Waals surface area contributed by atoms with Gasteiger partial charge in [0.15, 0.2) is 0 Å². The molecule has 0 aromatic carbocycles. The highest BCUT2D eigenvalue weighted by molar-refractivity contribution is 5.92. The summed E-state index contributed by atoms with van der Waals surface area (Å²) in [7, 11) is 0. The lowest BCUT2D eigenvalue weighted by Gasteiger charge is -2.20. The first kappa shape index (κ1) is 16.0. The number of hydrogen-bond acceptors (Lipinski definition) is 3. The predicted molar refractivity (Wildman–Crippen MR) is 77.5 cm³/mol. The summed E-state index contributed by atoms with van der Waals surface area (Å²) in [5, 5.41) is 4.33. The normalized spacial score (nSPS) is 22.7. The number of amides is 1. The van der Waals surface area contributed by atoms with E-state index in [4.69, 9.17) is 5.73 Å². The van der Waals surface area contributed by atoms with Crippen molar-refractivity contribution in [1.82, 2.24) is 14.7 Å². The fourth-order valence-corrected chi connectivity index (χ4v) is 2.48. The van der Waals surface area contributed by atoms with E-state index in [1.54, 1.807) is 6.07 Å². The quantitative estimate of drug-likeness (QED) is 0.920.